The number of hydrogen-bond donors (Lipinski definition) is 2. The predicted octanol–water partition coefficient (Wildman–Crippen LogP) is 1.55. The number of nitrogens with two attached hydrogens (primary N) is 1. The molecule has 1 aromatic rings. The maximum absolute atomic E-state index is 11.5. The fourth-order valence-corrected chi connectivity index (χ4v) is 2.81. The minimum absolute atomic E-state index is 0.00670. The average molecular weight is 249 g/mol. The molecule has 3 N–H and O–H groups in total. The SMILES string of the molecule is Cn1cccc1CN[C@H]1CCCCC[C@@H]1C(N)=O. The summed E-state index contributed by atoms with van der Waals surface area (Å²) in [5.74, 6) is -0.158. The summed E-state index contributed by atoms with van der Waals surface area (Å²) >= 11 is 0. The maximum Gasteiger partial charge on any atom is 0.222 e. The summed E-state index contributed by atoms with van der Waals surface area (Å²) in [6.07, 6.45) is 7.55. The smallest absolute Gasteiger partial charge is 0.222 e. The Bertz CT molecular complexity index is 399. The van der Waals surface area contributed by atoms with Gasteiger partial charge in [0.15, 0.2) is 0 Å². The number of rotatable bonds is 4. The molecule has 1 heterocycles. The maximum atomic E-state index is 11.5. The highest BCUT2D eigenvalue weighted by Crippen LogP contribution is 2.23. The molecule has 0 aromatic carbocycles. The minimum Gasteiger partial charge on any atom is -0.369 e. The van der Waals surface area contributed by atoms with Gasteiger partial charge < -0.3 is 15.6 Å². The first-order valence-electron chi connectivity index (χ1n) is 6.81. The highest BCUT2D eigenvalue weighted by Gasteiger charge is 2.27. The van der Waals surface area contributed by atoms with Gasteiger partial charge in [0.05, 0.1) is 5.92 Å². The van der Waals surface area contributed by atoms with E-state index in [0.29, 0.717) is 0 Å². The number of aryl methyl sites for hydroxylation is 1. The van der Waals surface area contributed by atoms with Gasteiger partial charge in [-0.15, -0.1) is 0 Å². The van der Waals surface area contributed by atoms with E-state index in [1.165, 1.54) is 18.5 Å². The van der Waals surface area contributed by atoms with Crippen LogP contribution >= 0.6 is 0 Å². The first kappa shape index (κ1) is 13.1. The van der Waals surface area contributed by atoms with Gasteiger partial charge in [0.25, 0.3) is 0 Å². The molecule has 1 aliphatic carbocycles. The molecule has 0 bridgehead atoms. The summed E-state index contributed by atoms with van der Waals surface area (Å²) in [5, 5.41) is 3.51. The Hall–Kier alpha value is -1.29. The minimum atomic E-state index is -0.152. The van der Waals surface area contributed by atoms with Gasteiger partial charge >= 0.3 is 0 Å². The van der Waals surface area contributed by atoms with Crippen LogP contribution in [0.4, 0.5) is 0 Å². The Morgan fingerprint density at radius 1 is 1.44 bits per heavy atom. The molecule has 18 heavy (non-hydrogen) atoms. The second-order valence-corrected chi connectivity index (χ2v) is 5.24. The number of nitrogens with zero attached hydrogens (tertiary/aromatic N) is 1. The van der Waals surface area contributed by atoms with Crippen LogP contribution in [0.1, 0.15) is 37.8 Å². The highest BCUT2D eigenvalue weighted by atomic mass is 16.1. The Labute approximate surface area is 109 Å². The molecule has 100 valence electrons. The number of carbonyl (C=O) groups is 1. The van der Waals surface area contributed by atoms with Gasteiger partial charge in [-0.3, -0.25) is 4.79 Å². The molecule has 4 heteroatoms. The lowest BCUT2D eigenvalue weighted by atomic mass is 9.94. The first-order valence-corrected chi connectivity index (χ1v) is 6.81. The van der Waals surface area contributed by atoms with Gasteiger partial charge in [0.1, 0.15) is 0 Å². The zero-order valence-corrected chi connectivity index (χ0v) is 11.1. The van der Waals surface area contributed by atoms with Gasteiger partial charge in [0, 0.05) is 31.5 Å². The lowest BCUT2D eigenvalue weighted by molar-refractivity contribution is -0.122. The molecule has 2 atom stereocenters. The van der Waals surface area contributed by atoms with Crippen molar-refractivity contribution in [3.8, 4) is 0 Å². The Morgan fingerprint density at radius 2 is 2.22 bits per heavy atom. The molecular weight excluding hydrogens is 226 g/mol. The third kappa shape index (κ3) is 3.13. The lowest BCUT2D eigenvalue weighted by Gasteiger charge is -2.23. The third-order valence-corrected chi connectivity index (χ3v) is 3.98. The number of hydrogen-bond acceptors (Lipinski definition) is 2. The number of nitrogens with one attached hydrogen (secondary N) is 1. The van der Waals surface area contributed by atoms with Gasteiger partial charge in [-0.1, -0.05) is 19.3 Å². The molecule has 1 aliphatic rings. The zero-order chi connectivity index (χ0) is 13.0. The van der Waals surface area contributed by atoms with Gasteiger partial charge in [0.2, 0.25) is 5.91 Å². The van der Waals surface area contributed by atoms with Crippen molar-refractivity contribution < 1.29 is 4.79 Å². The standard InChI is InChI=1S/C14H23N3O/c1-17-9-5-6-11(17)10-16-13-8-4-2-3-7-12(13)14(15)18/h5-6,9,12-13,16H,2-4,7-8,10H2,1H3,(H2,15,18)/t12-,13-/m0/s1. The quantitative estimate of drug-likeness (QED) is 0.795. The van der Waals surface area contributed by atoms with Crippen molar-refractivity contribution in [2.45, 2.75) is 44.7 Å². The van der Waals surface area contributed by atoms with Crippen molar-refractivity contribution in [3.05, 3.63) is 24.0 Å². The molecule has 0 unspecified atom stereocenters. The van der Waals surface area contributed by atoms with Crippen LogP contribution in [0.5, 0.6) is 0 Å². The second kappa shape index (κ2) is 6.05. The van der Waals surface area contributed by atoms with Crippen molar-refractivity contribution in [1.29, 1.82) is 0 Å². The molecule has 0 saturated heterocycles. The van der Waals surface area contributed by atoms with Gasteiger partial charge in [-0.25, -0.2) is 0 Å². The molecule has 0 radical (unpaired) electrons. The van der Waals surface area contributed by atoms with E-state index in [0.717, 1.165) is 25.8 Å². The van der Waals surface area contributed by atoms with Gasteiger partial charge in [-0.2, -0.15) is 0 Å². The fourth-order valence-electron chi connectivity index (χ4n) is 2.81. The summed E-state index contributed by atoms with van der Waals surface area (Å²) in [5.41, 5.74) is 6.76. The van der Waals surface area contributed by atoms with E-state index in [4.69, 9.17) is 5.73 Å². The molecule has 4 nitrogen and oxygen atoms in total. The van der Waals surface area contributed by atoms with Crippen molar-refractivity contribution >= 4 is 5.91 Å². The number of primary amides is 1. The molecular formula is C14H23N3O. The van der Waals surface area contributed by atoms with E-state index >= 15 is 0 Å². The predicted molar refractivity (Wildman–Crippen MR) is 71.8 cm³/mol. The summed E-state index contributed by atoms with van der Waals surface area (Å²) < 4.78 is 2.10. The Morgan fingerprint density at radius 3 is 2.89 bits per heavy atom. The average Bonchev–Trinajstić information content (AvgIpc) is 2.62. The number of carbonyl (C=O) groups excluding carboxylic acids is 1. The van der Waals surface area contributed by atoms with Crippen molar-refractivity contribution in [2.24, 2.45) is 18.7 Å². The Kier molecular flexibility index (Phi) is 4.42. The van der Waals surface area contributed by atoms with Crippen LogP contribution < -0.4 is 11.1 Å². The monoisotopic (exact) mass is 249 g/mol. The zero-order valence-electron chi connectivity index (χ0n) is 11.1. The van der Waals surface area contributed by atoms with Crippen molar-refractivity contribution in [2.75, 3.05) is 0 Å². The van der Waals surface area contributed by atoms with Crippen LogP contribution in [0.3, 0.4) is 0 Å². The molecule has 2 rings (SSSR count). The largest absolute Gasteiger partial charge is 0.369 e. The molecule has 0 aliphatic heterocycles. The molecule has 1 saturated carbocycles. The number of amides is 1. The number of aromatic nitrogens is 1. The summed E-state index contributed by atoms with van der Waals surface area (Å²) in [6, 6.07) is 4.37. The van der Waals surface area contributed by atoms with E-state index in [2.05, 4.69) is 16.0 Å². The third-order valence-electron chi connectivity index (χ3n) is 3.98. The van der Waals surface area contributed by atoms with E-state index in [1.807, 2.05) is 19.3 Å². The van der Waals surface area contributed by atoms with Crippen LogP contribution in [0.25, 0.3) is 0 Å². The lowest BCUT2D eigenvalue weighted by Crippen LogP contribution is -2.42. The van der Waals surface area contributed by atoms with E-state index in [-0.39, 0.29) is 17.9 Å². The van der Waals surface area contributed by atoms with Gasteiger partial charge in [-0.05, 0) is 25.0 Å². The van der Waals surface area contributed by atoms with E-state index in [9.17, 15) is 4.79 Å². The summed E-state index contributed by atoms with van der Waals surface area (Å²) in [6.45, 7) is 0.804. The summed E-state index contributed by atoms with van der Waals surface area (Å²) in [4.78, 5) is 11.5. The van der Waals surface area contributed by atoms with Crippen LogP contribution in [-0.2, 0) is 18.4 Å². The van der Waals surface area contributed by atoms with E-state index in [1.54, 1.807) is 0 Å². The van der Waals surface area contributed by atoms with Crippen molar-refractivity contribution in [3.63, 3.8) is 0 Å². The molecule has 1 fully saturated rings. The van der Waals surface area contributed by atoms with Crippen LogP contribution in [0.15, 0.2) is 18.3 Å². The highest BCUT2D eigenvalue weighted by molar-refractivity contribution is 5.77. The van der Waals surface area contributed by atoms with E-state index < -0.39 is 0 Å². The van der Waals surface area contributed by atoms with Crippen LogP contribution in [-0.4, -0.2) is 16.5 Å². The molecule has 0 spiro atoms. The topological polar surface area (TPSA) is 60.1 Å². The molecule has 1 amide bonds. The fraction of sp³-hybridized carbons (Fsp3) is 0.643. The Balaban J connectivity index is 1.96. The van der Waals surface area contributed by atoms with Crippen LogP contribution in [0, 0.1) is 5.92 Å². The first-order chi connectivity index (χ1) is 8.68. The normalized spacial score (nSPS) is 24.7. The van der Waals surface area contributed by atoms with Crippen LogP contribution in [0.2, 0.25) is 0 Å². The molecule has 1 aromatic heterocycles. The second-order valence-electron chi connectivity index (χ2n) is 5.24. The van der Waals surface area contributed by atoms with Crippen molar-refractivity contribution in [1.82, 2.24) is 9.88 Å². The summed E-state index contributed by atoms with van der Waals surface area (Å²) in [7, 11) is 2.04.